The largest absolute Gasteiger partial charge is 0.354 e. The Balaban J connectivity index is 1.72. The lowest BCUT2D eigenvalue weighted by molar-refractivity contribution is -0.121. The molecule has 0 aromatic carbocycles. The van der Waals surface area contributed by atoms with Gasteiger partial charge in [-0.1, -0.05) is 11.6 Å². The summed E-state index contributed by atoms with van der Waals surface area (Å²) in [6, 6.07) is 0. The van der Waals surface area contributed by atoms with Crippen LogP contribution >= 0.6 is 0 Å². The SMILES string of the molecule is Cc1nc(C)n(CC(=O)NCCC2=CCCCC2)n1. The lowest BCUT2D eigenvalue weighted by atomic mass is 9.97. The fourth-order valence-corrected chi connectivity index (χ4v) is 2.40. The number of hydrogen-bond donors (Lipinski definition) is 1. The Bertz CT molecular complexity index is 476. The fraction of sp³-hybridized carbons (Fsp3) is 0.643. The maximum Gasteiger partial charge on any atom is 0.241 e. The van der Waals surface area contributed by atoms with E-state index in [1.54, 1.807) is 4.68 Å². The van der Waals surface area contributed by atoms with E-state index in [-0.39, 0.29) is 12.5 Å². The summed E-state index contributed by atoms with van der Waals surface area (Å²) >= 11 is 0. The summed E-state index contributed by atoms with van der Waals surface area (Å²) in [5.41, 5.74) is 1.49. The molecule has 19 heavy (non-hydrogen) atoms. The van der Waals surface area contributed by atoms with Crippen molar-refractivity contribution in [2.75, 3.05) is 6.54 Å². The molecule has 2 rings (SSSR count). The summed E-state index contributed by atoms with van der Waals surface area (Å²) in [7, 11) is 0. The van der Waals surface area contributed by atoms with E-state index in [2.05, 4.69) is 21.5 Å². The van der Waals surface area contributed by atoms with Gasteiger partial charge in [0, 0.05) is 6.54 Å². The molecule has 0 saturated heterocycles. The number of aryl methyl sites for hydroxylation is 2. The minimum Gasteiger partial charge on any atom is -0.354 e. The second kappa shape index (κ2) is 6.50. The molecule has 0 radical (unpaired) electrons. The molecule has 1 aliphatic rings. The third-order valence-corrected chi connectivity index (χ3v) is 3.41. The molecule has 5 nitrogen and oxygen atoms in total. The van der Waals surface area contributed by atoms with Crippen molar-refractivity contribution >= 4 is 5.91 Å². The molecule has 1 aromatic heterocycles. The van der Waals surface area contributed by atoms with Crippen LogP contribution in [0.5, 0.6) is 0 Å². The lowest BCUT2D eigenvalue weighted by Crippen LogP contribution is -2.29. The Morgan fingerprint density at radius 2 is 2.26 bits per heavy atom. The van der Waals surface area contributed by atoms with Crippen molar-refractivity contribution in [3.8, 4) is 0 Å². The van der Waals surface area contributed by atoms with Gasteiger partial charge in [-0.05, 0) is 46.0 Å². The molecule has 1 aromatic rings. The van der Waals surface area contributed by atoms with Crippen LogP contribution in [0.15, 0.2) is 11.6 Å². The van der Waals surface area contributed by atoms with Crippen molar-refractivity contribution in [2.24, 2.45) is 0 Å². The molecule has 1 N–H and O–H groups in total. The van der Waals surface area contributed by atoms with Gasteiger partial charge in [0.25, 0.3) is 0 Å². The first-order valence-electron chi connectivity index (χ1n) is 6.98. The van der Waals surface area contributed by atoms with Crippen LogP contribution in [-0.2, 0) is 11.3 Å². The Hall–Kier alpha value is -1.65. The normalized spacial score (nSPS) is 15.2. The van der Waals surface area contributed by atoms with E-state index in [1.165, 1.54) is 31.3 Å². The molecule has 0 fully saturated rings. The molecule has 1 amide bonds. The van der Waals surface area contributed by atoms with E-state index in [0.29, 0.717) is 5.82 Å². The molecular formula is C14H22N4O. The number of allylic oxidation sites excluding steroid dienone is 1. The summed E-state index contributed by atoms with van der Waals surface area (Å²) in [6.45, 7) is 4.67. The summed E-state index contributed by atoms with van der Waals surface area (Å²) in [5, 5.41) is 7.13. The summed E-state index contributed by atoms with van der Waals surface area (Å²) < 4.78 is 1.64. The highest BCUT2D eigenvalue weighted by Gasteiger charge is 2.08. The standard InChI is InChI=1S/C14H22N4O/c1-11-16-12(2)18(17-11)10-14(19)15-9-8-13-6-4-3-5-7-13/h6H,3-5,7-10H2,1-2H3,(H,15,19). The van der Waals surface area contributed by atoms with Crippen molar-refractivity contribution in [2.45, 2.75) is 52.5 Å². The van der Waals surface area contributed by atoms with Gasteiger partial charge in [-0.3, -0.25) is 4.79 Å². The van der Waals surface area contributed by atoms with Crippen LogP contribution in [0.4, 0.5) is 0 Å². The number of carbonyl (C=O) groups excluding carboxylic acids is 1. The Morgan fingerprint density at radius 3 is 2.89 bits per heavy atom. The molecule has 104 valence electrons. The van der Waals surface area contributed by atoms with Gasteiger partial charge in [-0.15, -0.1) is 0 Å². The molecule has 0 saturated carbocycles. The number of amides is 1. The Kier molecular flexibility index (Phi) is 4.71. The zero-order valence-corrected chi connectivity index (χ0v) is 11.8. The zero-order chi connectivity index (χ0) is 13.7. The second-order valence-corrected chi connectivity index (χ2v) is 5.07. The molecular weight excluding hydrogens is 240 g/mol. The molecule has 0 unspecified atom stereocenters. The topological polar surface area (TPSA) is 59.8 Å². The highest BCUT2D eigenvalue weighted by atomic mass is 16.2. The quantitative estimate of drug-likeness (QED) is 0.824. The van der Waals surface area contributed by atoms with Crippen molar-refractivity contribution in [1.29, 1.82) is 0 Å². The van der Waals surface area contributed by atoms with Crippen LogP contribution in [0, 0.1) is 13.8 Å². The van der Waals surface area contributed by atoms with Crippen LogP contribution in [0.25, 0.3) is 0 Å². The van der Waals surface area contributed by atoms with Crippen LogP contribution < -0.4 is 5.32 Å². The average molecular weight is 262 g/mol. The van der Waals surface area contributed by atoms with Crippen molar-refractivity contribution in [3.05, 3.63) is 23.3 Å². The predicted molar refractivity (Wildman–Crippen MR) is 73.7 cm³/mol. The van der Waals surface area contributed by atoms with Crippen molar-refractivity contribution in [1.82, 2.24) is 20.1 Å². The highest BCUT2D eigenvalue weighted by molar-refractivity contribution is 5.75. The summed E-state index contributed by atoms with van der Waals surface area (Å²) in [6.07, 6.45) is 8.28. The smallest absolute Gasteiger partial charge is 0.241 e. The minimum absolute atomic E-state index is 0.00408. The van der Waals surface area contributed by atoms with E-state index >= 15 is 0 Å². The number of carbonyl (C=O) groups is 1. The monoisotopic (exact) mass is 262 g/mol. The lowest BCUT2D eigenvalue weighted by Gasteiger charge is -2.13. The first kappa shape index (κ1) is 13.8. The average Bonchev–Trinajstić information content (AvgIpc) is 2.69. The first-order valence-corrected chi connectivity index (χ1v) is 6.98. The van der Waals surface area contributed by atoms with Gasteiger partial charge in [-0.25, -0.2) is 9.67 Å². The van der Waals surface area contributed by atoms with Crippen LogP contribution in [0.3, 0.4) is 0 Å². The van der Waals surface area contributed by atoms with Gasteiger partial charge in [0.2, 0.25) is 5.91 Å². The number of nitrogens with zero attached hydrogens (tertiary/aromatic N) is 3. The second-order valence-electron chi connectivity index (χ2n) is 5.07. The van der Waals surface area contributed by atoms with Gasteiger partial charge in [0.15, 0.2) is 0 Å². The van der Waals surface area contributed by atoms with E-state index < -0.39 is 0 Å². The minimum atomic E-state index is 0.00408. The molecule has 0 spiro atoms. The van der Waals surface area contributed by atoms with E-state index in [4.69, 9.17) is 0 Å². The Morgan fingerprint density at radius 1 is 1.42 bits per heavy atom. The number of rotatable bonds is 5. The molecule has 5 heteroatoms. The molecule has 0 bridgehead atoms. The molecule has 0 atom stereocenters. The summed E-state index contributed by atoms with van der Waals surface area (Å²) in [5.74, 6) is 1.49. The molecule has 1 heterocycles. The van der Waals surface area contributed by atoms with E-state index in [1.807, 2.05) is 13.8 Å². The highest BCUT2D eigenvalue weighted by Crippen LogP contribution is 2.19. The summed E-state index contributed by atoms with van der Waals surface area (Å²) in [4.78, 5) is 16.0. The fourth-order valence-electron chi connectivity index (χ4n) is 2.40. The third kappa shape index (κ3) is 4.19. The van der Waals surface area contributed by atoms with Crippen molar-refractivity contribution < 1.29 is 4.79 Å². The van der Waals surface area contributed by atoms with Gasteiger partial charge in [-0.2, -0.15) is 5.10 Å². The van der Waals surface area contributed by atoms with Crippen LogP contribution in [0.1, 0.15) is 43.8 Å². The number of hydrogen-bond acceptors (Lipinski definition) is 3. The van der Waals surface area contributed by atoms with Crippen LogP contribution in [-0.4, -0.2) is 27.2 Å². The van der Waals surface area contributed by atoms with Gasteiger partial charge in [0.1, 0.15) is 18.2 Å². The maximum absolute atomic E-state index is 11.8. The first-order chi connectivity index (χ1) is 9.15. The third-order valence-electron chi connectivity index (χ3n) is 3.41. The molecule has 1 aliphatic carbocycles. The van der Waals surface area contributed by atoms with E-state index in [9.17, 15) is 4.79 Å². The van der Waals surface area contributed by atoms with Crippen LogP contribution in [0.2, 0.25) is 0 Å². The molecule has 0 aliphatic heterocycles. The van der Waals surface area contributed by atoms with Crippen molar-refractivity contribution in [3.63, 3.8) is 0 Å². The number of aromatic nitrogens is 3. The van der Waals surface area contributed by atoms with Gasteiger partial charge in [0.05, 0.1) is 0 Å². The predicted octanol–water partition coefficient (Wildman–Crippen LogP) is 1.90. The van der Waals surface area contributed by atoms with Gasteiger partial charge >= 0.3 is 0 Å². The zero-order valence-electron chi connectivity index (χ0n) is 11.8. The van der Waals surface area contributed by atoms with Gasteiger partial charge < -0.3 is 5.32 Å². The van der Waals surface area contributed by atoms with E-state index in [0.717, 1.165) is 18.8 Å². The maximum atomic E-state index is 11.8. The Labute approximate surface area is 114 Å². The number of nitrogens with one attached hydrogen (secondary N) is 1.